The smallest absolute Gasteiger partial charge is 0.227 e. The fraction of sp³-hybridized carbons (Fsp3) is 0.200. The highest BCUT2D eigenvalue weighted by Crippen LogP contribution is 2.16. The quantitative estimate of drug-likeness (QED) is 0.344. The summed E-state index contributed by atoms with van der Waals surface area (Å²) in [5.41, 5.74) is 2.08. The van der Waals surface area contributed by atoms with Gasteiger partial charge in [0.1, 0.15) is 0 Å². The van der Waals surface area contributed by atoms with Crippen LogP contribution >= 0.6 is 9.24 Å². The molecular formula is C20H24NO3P. The van der Waals surface area contributed by atoms with Gasteiger partial charge in [0.15, 0.2) is 5.76 Å². The van der Waals surface area contributed by atoms with Crippen molar-refractivity contribution in [3.8, 4) is 18.6 Å². The van der Waals surface area contributed by atoms with Crippen LogP contribution in [-0.2, 0) is 0 Å². The Hall–Kier alpha value is -2.63. The lowest BCUT2D eigenvalue weighted by molar-refractivity contribution is 0.425. The van der Waals surface area contributed by atoms with Crippen LogP contribution in [0.1, 0.15) is 26.0 Å². The van der Waals surface area contributed by atoms with Gasteiger partial charge in [0.05, 0.1) is 18.3 Å². The molecule has 0 radical (unpaired) electrons. The highest BCUT2D eigenvalue weighted by atomic mass is 31.0. The molecule has 5 heteroatoms. The van der Waals surface area contributed by atoms with Crippen molar-refractivity contribution in [1.29, 1.82) is 0 Å². The largest absolute Gasteiger partial charge is 0.501 e. The molecule has 1 aromatic heterocycles. The molecule has 0 saturated carbocycles. The van der Waals surface area contributed by atoms with Crippen LogP contribution in [0.15, 0.2) is 74.6 Å². The van der Waals surface area contributed by atoms with Gasteiger partial charge in [-0.2, -0.15) is 0 Å². The molecule has 1 unspecified atom stereocenters. The molecule has 0 spiro atoms. The van der Waals surface area contributed by atoms with Crippen LogP contribution in [0.3, 0.4) is 0 Å². The van der Waals surface area contributed by atoms with E-state index >= 15 is 0 Å². The van der Waals surface area contributed by atoms with Gasteiger partial charge < -0.3 is 9.52 Å². The summed E-state index contributed by atoms with van der Waals surface area (Å²) < 4.78 is 5.15. The molecule has 0 saturated heterocycles. The minimum Gasteiger partial charge on any atom is -0.501 e. The van der Waals surface area contributed by atoms with Crippen molar-refractivity contribution in [3.05, 3.63) is 76.4 Å². The fourth-order valence-electron chi connectivity index (χ4n) is 1.75. The van der Waals surface area contributed by atoms with E-state index in [1.807, 2.05) is 44.2 Å². The molecule has 1 heterocycles. The van der Waals surface area contributed by atoms with Gasteiger partial charge in [-0.3, -0.25) is 9.79 Å². The molecule has 0 aromatic carbocycles. The molecule has 1 N–H and O–H groups in total. The van der Waals surface area contributed by atoms with Crippen LogP contribution in [0.2, 0.25) is 0 Å². The van der Waals surface area contributed by atoms with E-state index in [4.69, 9.17) is 4.42 Å². The first-order valence-electron chi connectivity index (χ1n) is 7.57. The van der Waals surface area contributed by atoms with Crippen LogP contribution in [-0.4, -0.2) is 17.1 Å². The predicted octanol–water partition coefficient (Wildman–Crippen LogP) is 4.24. The summed E-state index contributed by atoms with van der Waals surface area (Å²) >= 11 is 0. The minimum absolute atomic E-state index is 0.0739. The molecule has 0 fully saturated rings. The van der Waals surface area contributed by atoms with Crippen molar-refractivity contribution in [2.24, 2.45) is 4.99 Å². The lowest BCUT2D eigenvalue weighted by Crippen LogP contribution is -2.04. The highest BCUT2D eigenvalue weighted by molar-refractivity contribution is 7.41. The zero-order valence-corrected chi connectivity index (χ0v) is 15.8. The van der Waals surface area contributed by atoms with Crippen molar-refractivity contribution in [2.75, 3.05) is 6.54 Å². The number of aromatic hydroxyl groups is 1. The summed E-state index contributed by atoms with van der Waals surface area (Å²) in [6.45, 7) is 8.09. The monoisotopic (exact) mass is 357 g/mol. The lowest BCUT2D eigenvalue weighted by atomic mass is 10.1. The van der Waals surface area contributed by atoms with Crippen LogP contribution in [0.25, 0.3) is 0 Å². The number of nitrogens with zero attached hydrogens (tertiary/aromatic N) is 1. The zero-order valence-electron chi connectivity index (χ0n) is 14.6. The Morgan fingerprint density at radius 2 is 2.00 bits per heavy atom. The van der Waals surface area contributed by atoms with Gasteiger partial charge >= 0.3 is 0 Å². The number of rotatable bonds is 7. The molecule has 0 aliphatic heterocycles. The second-order valence-electron chi connectivity index (χ2n) is 4.70. The van der Waals surface area contributed by atoms with Crippen LogP contribution < -0.4 is 5.43 Å². The molecule has 0 amide bonds. The summed E-state index contributed by atoms with van der Waals surface area (Å²) in [6, 6.07) is 1.16. The second-order valence-corrected chi connectivity index (χ2v) is 5.25. The first-order valence-corrected chi connectivity index (χ1v) is 8.15. The van der Waals surface area contributed by atoms with E-state index in [-0.39, 0.29) is 5.76 Å². The summed E-state index contributed by atoms with van der Waals surface area (Å²) in [4.78, 5) is 15.7. The Morgan fingerprint density at radius 3 is 2.56 bits per heavy atom. The summed E-state index contributed by atoms with van der Waals surface area (Å²) in [6.07, 6.45) is 19.9. The predicted molar refractivity (Wildman–Crippen MR) is 109 cm³/mol. The topological polar surface area (TPSA) is 62.8 Å². The van der Waals surface area contributed by atoms with E-state index in [2.05, 4.69) is 33.7 Å². The van der Waals surface area contributed by atoms with E-state index in [1.165, 1.54) is 6.26 Å². The van der Waals surface area contributed by atoms with Gasteiger partial charge in [-0.05, 0) is 31.4 Å². The fourth-order valence-corrected chi connectivity index (χ4v) is 2.04. The standard InChI is InChI=1S/C18H22NO3P.C2H2/c1-4-13(5-2)8-7-9-14(6-3)12-19-18(23)17-16(21)15(20)10-11-22-17;1-2/h4-7,9-11,21H,1,8,12,23H2,2-3H3;1-2H/b9-7-,13-5+,14-6+,19-18?;. The maximum absolute atomic E-state index is 11.4. The van der Waals surface area contributed by atoms with E-state index in [0.717, 1.165) is 23.6 Å². The number of terminal acetylenes is 1. The van der Waals surface area contributed by atoms with Gasteiger partial charge in [-0.15, -0.1) is 12.8 Å². The van der Waals surface area contributed by atoms with Crippen LogP contribution in [0, 0.1) is 12.8 Å². The Balaban J connectivity index is 0.00000277. The van der Waals surface area contributed by atoms with E-state index in [1.54, 1.807) is 0 Å². The van der Waals surface area contributed by atoms with Crippen molar-refractivity contribution >= 4 is 14.7 Å². The SMILES string of the molecule is C#C.C=C/C(=C\C)C/C=C\C(=C/C)CN=C(P)c1occc(=O)c1O. The first kappa shape index (κ1) is 22.4. The molecule has 132 valence electrons. The lowest BCUT2D eigenvalue weighted by Gasteiger charge is -2.03. The van der Waals surface area contributed by atoms with E-state index < -0.39 is 11.2 Å². The molecule has 4 nitrogen and oxygen atoms in total. The number of hydrogen-bond donors (Lipinski definition) is 1. The van der Waals surface area contributed by atoms with E-state index in [9.17, 15) is 9.90 Å². The number of hydrogen-bond acceptors (Lipinski definition) is 4. The summed E-state index contributed by atoms with van der Waals surface area (Å²) in [5, 5.41) is 9.70. The number of aliphatic imine (C=N–C) groups is 1. The third-order valence-corrected chi connectivity index (χ3v) is 3.65. The summed E-state index contributed by atoms with van der Waals surface area (Å²) in [7, 11) is 2.38. The van der Waals surface area contributed by atoms with Crippen molar-refractivity contribution < 1.29 is 9.52 Å². The Bertz CT molecular complexity index is 765. The highest BCUT2D eigenvalue weighted by Gasteiger charge is 2.10. The molecule has 0 aliphatic carbocycles. The molecular weight excluding hydrogens is 333 g/mol. The van der Waals surface area contributed by atoms with Gasteiger partial charge in [0, 0.05) is 6.07 Å². The van der Waals surface area contributed by atoms with Gasteiger partial charge in [-0.1, -0.05) is 46.2 Å². The summed E-state index contributed by atoms with van der Waals surface area (Å²) in [5.74, 6) is -0.354. The van der Waals surface area contributed by atoms with Crippen molar-refractivity contribution in [2.45, 2.75) is 20.3 Å². The van der Waals surface area contributed by atoms with E-state index in [0.29, 0.717) is 12.0 Å². The zero-order chi connectivity index (χ0) is 19.2. The van der Waals surface area contributed by atoms with Crippen molar-refractivity contribution in [1.82, 2.24) is 0 Å². The Labute approximate surface area is 151 Å². The number of allylic oxidation sites excluding steroid dienone is 5. The maximum atomic E-state index is 11.4. The molecule has 0 aliphatic rings. The third kappa shape index (κ3) is 7.65. The van der Waals surface area contributed by atoms with Crippen LogP contribution in [0.4, 0.5) is 0 Å². The molecule has 0 bridgehead atoms. The Kier molecular flexibility index (Phi) is 11.4. The third-order valence-electron chi connectivity index (χ3n) is 3.21. The van der Waals surface area contributed by atoms with Gasteiger partial charge in [0.25, 0.3) is 0 Å². The van der Waals surface area contributed by atoms with Crippen molar-refractivity contribution in [3.63, 3.8) is 0 Å². The average molecular weight is 357 g/mol. The molecule has 1 atom stereocenters. The van der Waals surface area contributed by atoms with Gasteiger partial charge in [0.2, 0.25) is 11.2 Å². The average Bonchev–Trinajstić information content (AvgIpc) is 2.65. The Morgan fingerprint density at radius 1 is 1.36 bits per heavy atom. The van der Waals surface area contributed by atoms with Gasteiger partial charge in [-0.25, -0.2) is 0 Å². The molecule has 1 rings (SSSR count). The molecule has 1 aromatic rings. The maximum Gasteiger partial charge on any atom is 0.227 e. The normalized spacial score (nSPS) is 12.6. The van der Waals surface area contributed by atoms with Crippen LogP contribution in [0.5, 0.6) is 5.75 Å². The first-order chi connectivity index (χ1) is 12.0. The minimum atomic E-state index is -0.490. The second kappa shape index (κ2) is 12.8. The molecule has 25 heavy (non-hydrogen) atoms.